The maximum Gasteiger partial charge on any atom is 0.422 e. The van der Waals surface area contributed by atoms with Gasteiger partial charge < -0.3 is 14.4 Å². The summed E-state index contributed by atoms with van der Waals surface area (Å²) >= 11 is 0. The number of anilines is 1. The van der Waals surface area contributed by atoms with Crippen LogP contribution in [0.4, 0.5) is 32.0 Å². The van der Waals surface area contributed by atoms with Crippen molar-refractivity contribution >= 4 is 15.7 Å². The lowest BCUT2D eigenvalue weighted by Crippen LogP contribution is -2.49. The fourth-order valence-corrected chi connectivity index (χ4v) is 5.26. The van der Waals surface area contributed by atoms with Crippen LogP contribution < -0.4 is 14.4 Å². The number of sulfonamides is 1. The van der Waals surface area contributed by atoms with Crippen molar-refractivity contribution in [1.29, 1.82) is 0 Å². The second kappa shape index (κ2) is 10.1. The Morgan fingerprint density at radius 2 is 1.43 bits per heavy atom. The number of ether oxygens (including phenoxy) is 2. The SMILES string of the molecule is Cc1ccc(N2CCN(S(=O)(=O)c3cc(OCC(F)(F)F)ccc3OCC(F)(F)F)CC2)c(C)c1. The Bertz CT molecular complexity index is 1140. The summed E-state index contributed by atoms with van der Waals surface area (Å²) in [6.07, 6.45) is -9.43. The number of alkyl halides is 6. The van der Waals surface area contributed by atoms with Crippen LogP contribution in [0.2, 0.25) is 0 Å². The highest BCUT2D eigenvalue weighted by Crippen LogP contribution is 2.34. The van der Waals surface area contributed by atoms with E-state index in [9.17, 15) is 34.8 Å². The van der Waals surface area contributed by atoms with Gasteiger partial charge in [0.15, 0.2) is 13.2 Å². The van der Waals surface area contributed by atoms with Crippen LogP contribution in [0.5, 0.6) is 11.5 Å². The van der Waals surface area contributed by atoms with Crippen LogP contribution in [0.1, 0.15) is 11.1 Å². The van der Waals surface area contributed by atoms with Crippen molar-refractivity contribution in [2.45, 2.75) is 31.1 Å². The molecule has 1 aliphatic heterocycles. The van der Waals surface area contributed by atoms with E-state index in [-0.39, 0.29) is 13.1 Å². The van der Waals surface area contributed by atoms with Gasteiger partial charge in [0.2, 0.25) is 10.0 Å². The van der Waals surface area contributed by atoms with E-state index in [1.165, 1.54) is 0 Å². The van der Waals surface area contributed by atoms with Crippen LogP contribution in [-0.4, -0.2) is 64.5 Å². The molecule has 1 fully saturated rings. The topological polar surface area (TPSA) is 59.1 Å². The van der Waals surface area contributed by atoms with Gasteiger partial charge in [0, 0.05) is 37.9 Å². The van der Waals surface area contributed by atoms with Gasteiger partial charge in [0.25, 0.3) is 0 Å². The zero-order valence-electron chi connectivity index (χ0n) is 18.9. The average Bonchev–Trinajstić information content (AvgIpc) is 2.75. The van der Waals surface area contributed by atoms with E-state index >= 15 is 0 Å². The monoisotopic (exact) mass is 526 g/mol. The molecule has 2 aromatic rings. The molecule has 0 atom stereocenters. The zero-order chi connectivity index (χ0) is 26.0. The van der Waals surface area contributed by atoms with Gasteiger partial charge in [-0.15, -0.1) is 0 Å². The molecule has 6 nitrogen and oxygen atoms in total. The molecule has 13 heteroatoms. The molecule has 2 aromatic carbocycles. The third kappa shape index (κ3) is 7.17. The van der Waals surface area contributed by atoms with E-state index in [0.717, 1.165) is 39.3 Å². The maximum atomic E-state index is 13.3. The molecule has 35 heavy (non-hydrogen) atoms. The van der Waals surface area contributed by atoms with Gasteiger partial charge in [-0.3, -0.25) is 0 Å². The van der Waals surface area contributed by atoms with Gasteiger partial charge in [-0.2, -0.15) is 30.6 Å². The largest absolute Gasteiger partial charge is 0.484 e. The van der Waals surface area contributed by atoms with Crippen molar-refractivity contribution in [1.82, 2.24) is 4.31 Å². The molecule has 1 heterocycles. The molecule has 194 valence electrons. The lowest BCUT2D eigenvalue weighted by Gasteiger charge is -2.36. The molecule has 0 unspecified atom stereocenters. The van der Waals surface area contributed by atoms with Crippen LogP contribution in [-0.2, 0) is 10.0 Å². The van der Waals surface area contributed by atoms with Gasteiger partial charge in [0.1, 0.15) is 16.4 Å². The van der Waals surface area contributed by atoms with E-state index in [4.69, 9.17) is 0 Å². The second-order valence-electron chi connectivity index (χ2n) is 8.10. The minimum Gasteiger partial charge on any atom is -0.484 e. The molecule has 0 spiro atoms. The fourth-order valence-electron chi connectivity index (χ4n) is 3.69. The molecule has 1 aliphatic rings. The normalized spacial score (nSPS) is 15.8. The molecule has 0 saturated carbocycles. The average molecular weight is 526 g/mol. The van der Waals surface area contributed by atoms with E-state index in [1.54, 1.807) is 0 Å². The molecule has 1 saturated heterocycles. The summed E-state index contributed by atoms with van der Waals surface area (Å²) in [7, 11) is -4.41. The standard InChI is InChI=1S/C22H24F6N2O4S/c1-15-3-5-18(16(2)11-15)29-7-9-30(10-8-29)35(31,32)20-12-17(33-13-21(23,24)25)4-6-19(20)34-14-22(26,27)28/h3-6,11-12H,7-10,13-14H2,1-2H3. The van der Waals surface area contributed by atoms with E-state index in [0.29, 0.717) is 13.1 Å². The van der Waals surface area contributed by atoms with E-state index in [2.05, 4.69) is 9.47 Å². The molecule has 3 rings (SSSR count). The Morgan fingerprint density at radius 1 is 0.829 bits per heavy atom. The summed E-state index contributed by atoms with van der Waals surface area (Å²) in [5.41, 5.74) is 3.02. The number of hydrogen-bond acceptors (Lipinski definition) is 5. The summed E-state index contributed by atoms with van der Waals surface area (Å²) in [4.78, 5) is 1.30. The Hall–Kier alpha value is -2.67. The molecule has 0 amide bonds. The quantitative estimate of drug-likeness (QED) is 0.490. The number of nitrogens with zero attached hydrogens (tertiary/aromatic N) is 2. The zero-order valence-corrected chi connectivity index (χ0v) is 19.7. The minimum atomic E-state index is -4.75. The van der Waals surface area contributed by atoms with E-state index in [1.807, 2.05) is 36.9 Å². The highest BCUT2D eigenvalue weighted by atomic mass is 32.2. The molecule has 0 bridgehead atoms. The van der Waals surface area contributed by atoms with Crippen molar-refractivity contribution in [3.63, 3.8) is 0 Å². The fraction of sp³-hybridized carbons (Fsp3) is 0.455. The van der Waals surface area contributed by atoms with Crippen molar-refractivity contribution in [2.24, 2.45) is 0 Å². The number of rotatable bonds is 7. The Kier molecular flexibility index (Phi) is 7.80. The maximum absolute atomic E-state index is 13.3. The summed E-state index contributed by atoms with van der Waals surface area (Å²) in [6.45, 7) is 1.08. The summed E-state index contributed by atoms with van der Waals surface area (Å²) < 4.78 is 113. The Labute approximate surface area is 199 Å². The Morgan fingerprint density at radius 3 is 2.00 bits per heavy atom. The predicted octanol–water partition coefficient (Wildman–Crippen LogP) is 4.70. The summed E-state index contributed by atoms with van der Waals surface area (Å²) in [5.74, 6) is -1.09. The van der Waals surface area contributed by atoms with Crippen molar-refractivity contribution in [3.05, 3.63) is 47.5 Å². The van der Waals surface area contributed by atoms with Crippen molar-refractivity contribution < 1.29 is 44.2 Å². The first-order valence-corrected chi connectivity index (χ1v) is 12.0. The van der Waals surface area contributed by atoms with Gasteiger partial charge in [-0.25, -0.2) is 8.42 Å². The summed E-state index contributed by atoms with van der Waals surface area (Å²) in [6, 6.07) is 8.39. The first-order valence-electron chi connectivity index (χ1n) is 10.5. The van der Waals surface area contributed by atoms with Crippen LogP contribution in [0, 0.1) is 13.8 Å². The van der Waals surface area contributed by atoms with Gasteiger partial charge in [-0.1, -0.05) is 17.7 Å². The number of piperazine rings is 1. The first-order chi connectivity index (χ1) is 16.2. The third-order valence-corrected chi connectivity index (χ3v) is 7.18. The lowest BCUT2D eigenvalue weighted by molar-refractivity contribution is -0.154. The van der Waals surface area contributed by atoms with Crippen molar-refractivity contribution in [3.8, 4) is 11.5 Å². The first kappa shape index (κ1) is 26.9. The smallest absolute Gasteiger partial charge is 0.422 e. The molecule has 0 aromatic heterocycles. The predicted molar refractivity (Wildman–Crippen MR) is 116 cm³/mol. The highest BCUT2D eigenvalue weighted by molar-refractivity contribution is 7.89. The second-order valence-corrected chi connectivity index (χ2v) is 10.0. The van der Waals surface area contributed by atoms with Crippen LogP contribution >= 0.6 is 0 Å². The molecule has 0 N–H and O–H groups in total. The van der Waals surface area contributed by atoms with Crippen molar-refractivity contribution in [2.75, 3.05) is 44.3 Å². The van der Waals surface area contributed by atoms with Gasteiger partial charge in [-0.05, 0) is 37.6 Å². The van der Waals surface area contributed by atoms with Crippen LogP contribution in [0.3, 0.4) is 0 Å². The Balaban J connectivity index is 1.84. The molecule has 0 radical (unpaired) electrons. The number of hydrogen-bond donors (Lipinski definition) is 0. The van der Waals surface area contributed by atoms with Gasteiger partial charge >= 0.3 is 12.4 Å². The minimum absolute atomic E-state index is 0.0159. The number of benzene rings is 2. The van der Waals surface area contributed by atoms with E-state index < -0.39 is 52.0 Å². The molecular formula is C22H24F6N2O4S. The number of aryl methyl sites for hydroxylation is 2. The van der Waals surface area contributed by atoms with Gasteiger partial charge in [0.05, 0.1) is 0 Å². The third-order valence-electron chi connectivity index (χ3n) is 5.26. The molecule has 0 aliphatic carbocycles. The number of halogens is 6. The molecular weight excluding hydrogens is 502 g/mol. The van der Waals surface area contributed by atoms with Crippen LogP contribution in [0.25, 0.3) is 0 Å². The lowest BCUT2D eigenvalue weighted by atomic mass is 10.1. The highest BCUT2D eigenvalue weighted by Gasteiger charge is 2.35. The summed E-state index contributed by atoms with van der Waals surface area (Å²) in [5, 5.41) is 0. The van der Waals surface area contributed by atoms with Crippen LogP contribution in [0.15, 0.2) is 41.3 Å².